The first-order valence-corrected chi connectivity index (χ1v) is 7.19. The van der Waals surface area contributed by atoms with Crippen LogP contribution in [0.1, 0.15) is 37.7 Å². The molecule has 0 saturated carbocycles. The molecule has 1 aromatic rings. The van der Waals surface area contributed by atoms with Gasteiger partial charge in [-0.2, -0.15) is 0 Å². The Morgan fingerprint density at radius 1 is 1.16 bits per heavy atom. The molecule has 1 heterocycles. The van der Waals surface area contributed by atoms with Gasteiger partial charge in [0.2, 0.25) is 0 Å². The van der Waals surface area contributed by atoms with Crippen molar-refractivity contribution in [2.75, 3.05) is 19.8 Å². The van der Waals surface area contributed by atoms with Crippen molar-refractivity contribution in [2.24, 2.45) is 0 Å². The van der Waals surface area contributed by atoms with Crippen molar-refractivity contribution in [1.29, 1.82) is 0 Å². The molecule has 0 radical (unpaired) electrons. The van der Waals surface area contributed by atoms with E-state index in [0.29, 0.717) is 6.10 Å². The molecule has 106 valence electrons. The normalized spacial score (nSPS) is 19.8. The molecular formula is C16H24O3. The molecule has 1 fully saturated rings. The van der Waals surface area contributed by atoms with Crippen LogP contribution in [0.15, 0.2) is 30.3 Å². The van der Waals surface area contributed by atoms with Gasteiger partial charge >= 0.3 is 0 Å². The summed E-state index contributed by atoms with van der Waals surface area (Å²) in [4.78, 5) is 0. The third-order valence-electron chi connectivity index (χ3n) is 4.20. The molecule has 1 atom stereocenters. The molecule has 0 amide bonds. The zero-order valence-electron chi connectivity index (χ0n) is 11.4. The minimum absolute atomic E-state index is 0.0148. The standard InChI is InChI=1S/C16H24O3/c17-12-16(13-18,14-6-2-1-3-7-14)10-4-8-15-9-5-11-19-15/h1-3,6-7,15,17-18H,4-5,8-13H2. The maximum absolute atomic E-state index is 9.73. The number of hydrogen-bond donors (Lipinski definition) is 2. The van der Waals surface area contributed by atoms with Gasteiger partial charge in [-0.1, -0.05) is 30.3 Å². The van der Waals surface area contributed by atoms with Crippen LogP contribution in [0.5, 0.6) is 0 Å². The summed E-state index contributed by atoms with van der Waals surface area (Å²) in [5, 5.41) is 19.5. The van der Waals surface area contributed by atoms with Crippen LogP contribution in [-0.4, -0.2) is 36.1 Å². The second-order valence-corrected chi connectivity index (χ2v) is 5.49. The fourth-order valence-corrected chi connectivity index (χ4v) is 2.87. The fraction of sp³-hybridized carbons (Fsp3) is 0.625. The second-order valence-electron chi connectivity index (χ2n) is 5.49. The Morgan fingerprint density at radius 2 is 1.89 bits per heavy atom. The lowest BCUT2D eigenvalue weighted by Crippen LogP contribution is -2.35. The van der Waals surface area contributed by atoms with E-state index in [2.05, 4.69) is 0 Å². The van der Waals surface area contributed by atoms with Crippen molar-refractivity contribution in [3.05, 3.63) is 35.9 Å². The predicted octanol–water partition coefficient (Wildman–Crippen LogP) is 2.26. The summed E-state index contributed by atoms with van der Waals surface area (Å²) >= 11 is 0. The fourth-order valence-electron chi connectivity index (χ4n) is 2.87. The smallest absolute Gasteiger partial charge is 0.0576 e. The van der Waals surface area contributed by atoms with Crippen molar-refractivity contribution in [1.82, 2.24) is 0 Å². The highest BCUT2D eigenvalue weighted by molar-refractivity contribution is 5.25. The van der Waals surface area contributed by atoms with Gasteiger partial charge in [0.05, 0.1) is 19.3 Å². The van der Waals surface area contributed by atoms with E-state index in [4.69, 9.17) is 4.74 Å². The molecule has 1 aliphatic heterocycles. The molecule has 2 rings (SSSR count). The van der Waals surface area contributed by atoms with E-state index in [0.717, 1.165) is 44.3 Å². The van der Waals surface area contributed by atoms with Crippen LogP contribution < -0.4 is 0 Å². The highest BCUT2D eigenvalue weighted by Gasteiger charge is 2.30. The van der Waals surface area contributed by atoms with Crippen LogP contribution in [0.2, 0.25) is 0 Å². The summed E-state index contributed by atoms with van der Waals surface area (Å²) in [5.74, 6) is 0. The number of aliphatic hydroxyl groups excluding tert-OH is 2. The lowest BCUT2D eigenvalue weighted by Gasteiger charge is -2.30. The molecule has 0 aliphatic carbocycles. The summed E-state index contributed by atoms with van der Waals surface area (Å²) in [6.07, 6.45) is 5.48. The van der Waals surface area contributed by atoms with Crippen LogP contribution in [-0.2, 0) is 10.2 Å². The third-order valence-corrected chi connectivity index (χ3v) is 4.20. The van der Waals surface area contributed by atoms with Crippen LogP contribution in [0.4, 0.5) is 0 Å². The Balaban J connectivity index is 1.95. The Labute approximate surface area is 115 Å². The Bertz CT molecular complexity index is 354. The first-order valence-electron chi connectivity index (χ1n) is 7.19. The van der Waals surface area contributed by atoms with Gasteiger partial charge in [0.15, 0.2) is 0 Å². The van der Waals surface area contributed by atoms with E-state index in [1.807, 2.05) is 30.3 Å². The van der Waals surface area contributed by atoms with Crippen molar-refractivity contribution in [2.45, 2.75) is 43.6 Å². The van der Waals surface area contributed by atoms with Crippen LogP contribution >= 0.6 is 0 Å². The summed E-state index contributed by atoms with van der Waals surface area (Å²) in [6, 6.07) is 9.83. The lowest BCUT2D eigenvalue weighted by molar-refractivity contribution is 0.0841. The zero-order chi connectivity index (χ0) is 13.6. The zero-order valence-corrected chi connectivity index (χ0v) is 11.4. The Kier molecular flexibility index (Phi) is 5.37. The van der Waals surface area contributed by atoms with Gasteiger partial charge in [0.25, 0.3) is 0 Å². The number of ether oxygens (including phenoxy) is 1. The SMILES string of the molecule is OCC(CO)(CCCC1CCCO1)c1ccccc1. The van der Waals surface area contributed by atoms with Gasteiger partial charge in [-0.3, -0.25) is 0 Å². The molecule has 19 heavy (non-hydrogen) atoms. The van der Waals surface area contributed by atoms with Crippen LogP contribution in [0.3, 0.4) is 0 Å². The molecule has 0 spiro atoms. The molecule has 3 nitrogen and oxygen atoms in total. The minimum atomic E-state index is -0.514. The van der Waals surface area contributed by atoms with Gasteiger partial charge in [0.1, 0.15) is 0 Å². The number of benzene rings is 1. The first kappa shape index (κ1) is 14.5. The van der Waals surface area contributed by atoms with Crippen molar-refractivity contribution in [3.63, 3.8) is 0 Å². The molecular weight excluding hydrogens is 240 g/mol. The highest BCUT2D eigenvalue weighted by atomic mass is 16.5. The largest absolute Gasteiger partial charge is 0.395 e. The maximum atomic E-state index is 9.73. The van der Waals surface area contributed by atoms with Crippen molar-refractivity contribution < 1.29 is 14.9 Å². The number of rotatable bonds is 7. The van der Waals surface area contributed by atoms with E-state index in [1.165, 1.54) is 0 Å². The van der Waals surface area contributed by atoms with Gasteiger partial charge in [0, 0.05) is 12.0 Å². The van der Waals surface area contributed by atoms with E-state index in [1.54, 1.807) is 0 Å². The monoisotopic (exact) mass is 264 g/mol. The summed E-state index contributed by atoms with van der Waals surface area (Å²) < 4.78 is 5.62. The molecule has 0 bridgehead atoms. The Hall–Kier alpha value is -0.900. The minimum Gasteiger partial charge on any atom is -0.395 e. The molecule has 0 aromatic heterocycles. The third kappa shape index (κ3) is 3.56. The Morgan fingerprint density at radius 3 is 2.47 bits per heavy atom. The number of aliphatic hydroxyl groups is 2. The van der Waals surface area contributed by atoms with E-state index < -0.39 is 5.41 Å². The van der Waals surface area contributed by atoms with Crippen LogP contribution in [0.25, 0.3) is 0 Å². The van der Waals surface area contributed by atoms with Crippen LogP contribution in [0, 0.1) is 0 Å². The summed E-state index contributed by atoms with van der Waals surface area (Å²) in [7, 11) is 0. The summed E-state index contributed by atoms with van der Waals surface area (Å²) in [5.41, 5.74) is 0.507. The maximum Gasteiger partial charge on any atom is 0.0576 e. The quantitative estimate of drug-likeness (QED) is 0.794. The topological polar surface area (TPSA) is 49.7 Å². The average Bonchev–Trinajstić information content (AvgIpc) is 2.98. The molecule has 1 unspecified atom stereocenters. The van der Waals surface area contributed by atoms with Crippen molar-refractivity contribution >= 4 is 0 Å². The van der Waals surface area contributed by atoms with Crippen molar-refractivity contribution in [3.8, 4) is 0 Å². The summed E-state index contributed by atoms with van der Waals surface area (Å²) in [6.45, 7) is 0.854. The molecule has 1 aliphatic rings. The number of hydrogen-bond acceptors (Lipinski definition) is 3. The molecule has 1 saturated heterocycles. The highest BCUT2D eigenvalue weighted by Crippen LogP contribution is 2.30. The van der Waals surface area contributed by atoms with E-state index in [9.17, 15) is 10.2 Å². The predicted molar refractivity (Wildman–Crippen MR) is 75.1 cm³/mol. The van der Waals surface area contributed by atoms with E-state index >= 15 is 0 Å². The van der Waals surface area contributed by atoms with Gasteiger partial charge in [-0.25, -0.2) is 0 Å². The van der Waals surface area contributed by atoms with Gasteiger partial charge in [-0.15, -0.1) is 0 Å². The second kappa shape index (κ2) is 7.04. The molecule has 1 aromatic carbocycles. The molecule has 3 heteroatoms. The average molecular weight is 264 g/mol. The van der Waals surface area contributed by atoms with E-state index in [-0.39, 0.29) is 13.2 Å². The molecule has 2 N–H and O–H groups in total. The first-order chi connectivity index (χ1) is 9.30. The van der Waals surface area contributed by atoms with Gasteiger partial charge in [-0.05, 0) is 37.7 Å². The lowest BCUT2D eigenvalue weighted by atomic mass is 9.77. The van der Waals surface area contributed by atoms with Gasteiger partial charge < -0.3 is 14.9 Å².